The molecule has 0 spiro atoms. The summed E-state index contributed by atoms with van der Waals surface area (Å²) in [5, 5.41) is 0. The van der Waals surface area contributed by atoms with Gasteiger partial charge in [0.25, 0.3) is 5.91 Å². The van der Waals surface area contributed by atoms with E-state index >= 15 is 0 Å². The third-order valence-electron chi connectivity index (χ3n) is 2.92. The Hall–Kier alpha value is -1.55. The second kappa shape index (κ2) is 7.01. The van der Waals surface area contributed by atoms with Crippen LogP contribution in [0.25, 0.3) is 0 Å². The van der Waals surface area contributed by atoms with Gasteiger partial charge in [0.2, 0.25) is 0 Å². The van der Waals surface area contributed by atoms with Gasteiger partial charge >= 0.3 is 0 Å². The summed E-state index contributed by atoms with van der Waals surface area (Å²) < 4.78 is 5.08. The lowest BCUT2D eigenvalue weighted by Crippen LogP contribution is -2.38. The number of nitrogens with zero attached hydrogens (tertiary/aromatic N) is 1. The van der Waals surface area contributed by atoms with Gasteiger partial charge < -0.3 is 15.4 Å². The number of ether oxygens (including phenoxy) is 1. The van der Waals surface area contributed by atoms with Crippen LogP contribution in [0.2, 0.25) is 0 Å². The number of carbonyl (C=O) groups is 1. The molecule has 1 aromatic rings. The van der Waals surface area contributed by atoms with Crippen LogP contribution >= 0.6 is 0 Å². The maximum atomic E-state index is 12.1. The van der Waals surface area contributed by atoms with Crippen LogP contribution in [-0.4, -0.2) is 30.6 Å². The smallest absolute Gasteiger partial charge is 0.251 e. The maximum absolute atomic E-state index is 12.1. The molecular formula is C14H22N2O2. The van der Waals surface area contributed by atoms with Crippen molar-refractivity contribution in [3.63, 3.8) is 0 Å². The number of amides is 1. The molecule has 18 heavy (non-hydrogen) atoms. The van der Waals surface area contributed by atoms with E-state index in [4.69, 9.17) is 10.5 Å². The Morgan fingerprint density at radius 1 is 1.44 bits per heavy atom. The molecule has 0 aliphatic heterocycles. The van der Waals surface area contributed by atoms with Gasteiger partial charge in [-0.15, -0.1) is 0 Å². The average molecular weight is 250 g/mol. The molecule has 100 valence electrons. The second-order valence-electron chi connectivity index (χ2n) is 4.34. The Balaban J connectivity index is 2.80. The number of carbonyl (C=O) groups excluding carboxylic acids is 1. The normalized spacial score (nSPS) is 12.2. The van der Waals surface area contributed by atoms with Crippen molar-refractivity contribution in [1.82, 2.24) is 4.90 Å². The molecule has 1 unspecified atom stereocenters. The monoisotopic (exact) mass is 250 g/mol. The van der Waals surface area contributed by atoms with E-state index in [-0.39, 0.29) is 5.91 Å². The lowest BCUT2D eigenvalue weighted by Gasteiger charge is -2.25. The SMILES string of the molecule is CCCN(Cc1ccccc1N)C(=O)C(C)OC. The van der Waals surface area contributed by atoms with Gasteiger partial charge in [-0.3, -0.25) is 4.79 Å². The number of para-hydroxylation sites is 1. The number of rotatable bonds is 6. The van der Waals surface area contributed by atoms with Gasteiger partial charge in [0, 0.05) is 25.9 Å². The zero-order valence-electron chi connectivity index (χ0n) is 11.3. The fourth-order valence-corrected chi connectivity index (χ4v) is 1.78. The lowest BCUT2D eigenvalue weighted by molar-refractivity contribution is -0.141. The predicted octanol–water partition coefficient (Wildman–Crippen LogP) is 2.04. The average Bonchev–Trinajstić information content (AvgIpc) is 2.39. The minimum Gasteiger partial charge on any atom is -0.398 e. The standard InChI is InChI=1S/C14H22N2O2/c1-4-9-16(14(17)11(2)18-3)10-12-7-5-6-8-13(12)15/h5-8,11H,4,9-10,15H2,1-3H3. The molecule has 0 heterocycles. The first kappa shape index (κ1) is 14.5. The summed E-state index contributed by atoms with van der Waals surface area (Å²) in [6.07, 6.45) is 0.496. The summed E-state index contributed by atoms with van der Waals surface area (Å²) in [7, 11) is 1.55. The van der Waals surface area contributed by atoms with Crippen LogP contribution in [0.4, 0.5) is 5.69 Å². The minimum atomic E-state index is -0.415. The van der Waals surface area contributed by atoms with Crippen LogP contribution in [0.1, 0.15) is 25.8 Å². The van der Waals surface area contributed by atoms with Crippen molar-refractivity contribution >= 4 is 11.6 Å². The summed E-state index contributed by atoms with van der Waals surface area (Å²) >= 11 is 0. The quantitative estimate of drug-likeness (QED) is 0.786. The Morgan fingerprint density at radius 2 is 2.11 bits per heavy atom. The second-order valence-corrected chi connectivity index (χ2v) is 4.34. The van der Waals surface area contributed by atoms with Crippen LogP contribution in [0.5, 0.6) is 0 Å². The summed E-state index contributed by atoms with van der Waals surface area (Å²) in [6, 6.07) is 7.62. The van der Waals surface area contributed by atoms with E-state index in [0.717, 1.165) is 17.7 Å². The van der Waals surface area contributed by atoms with Crippen LogP contribution in [-0.2, 0) is 16.1 Å². The minimum absolute atomic E-state index is 0.00241. The van der Waals surface area contributed by atoms with Gasteiger partial charge in [-0.25, -0.2) is 0 Å². The number of anilines is 1. The molecule has 0 bridgehead atoms. The van der Waals surface area contributed by atoms with Crippen LogP contribution in [0.3, 0.4) is 0 Å². The molecule has 0 aliphatic rings. The number of nitrogen functional groups attached to an aromatic ring is 1. The molecule has 1 atom stereocenters. The van der Waals surface area contributed by atoms with E-state index in [1.54, 1.807) is 18.9 Å². The summed E-state index contributed by atoms with van der Waals surface area (Å²) in [5.41, 5.74) is 7.60. The van der Waals surface area contributed by atoms with Crippen LogP contribution in [0, 0.1) is 0 Å². The van der Waals surface area contributed by atoms with Crippen molar-refractivity contribution in [3.8, 4) is 0 Å². The first-order chi connectivity index (χ1) is 8.60. The Kier molecular flexibility index (Phi) is 5.65. The molecule has 2 N–H and O–H groups in total. The van der Waals surface area contributed by atoms with Gasteiger partial charge in [0.05, 0.1) is 0 Å². The van der Waals surface area contributed by atoms with Gasteiger partial charge in [-0.1, -0.05) is 25.1 Å². The molecule has 4 heteroatoms. The molecule has 0 saturated carbocycles. The zero-order valence-corrected chi connectivity index (χ0v) is 11.3. The molecule has 1 aromatic carbocycles. The first-order valence-corrected chi connectivity index (χ1v) is 6.25. The van der Waals surface area contributed by atoms with Crippen molar-refractivity contribution in [1.29, 1.82) is 0 Å². The number of benzene rings is 1. The summed E-state index contributed by atoms with van der Waals surface area (Å²) in [4.78, 5) is 13.9. The van der Waals surface area contributed by atoms with Crippen molar-refractivity contribution < 1.29 is 9.53 Å². The highest BCUT2D eigenvalue weighted by molar-refractivity contribution is 5.80. The molecule has 0 aromatic heterocycles. The van der Waals surface area contributed by atoms with E-state index in [1.807, 2.05) is 31.2 Å². The molecule has 0 saturated heterocycles. The topological polar surface area (TPSA) is 55.6 Å². The van der Waals surface area contributed by atoms with Crippen molar-refractivity contribution in [2.24, 2.45) is 0 Å². The Morgan fingerprint density at radius 3 is 2.67 bits per heavy atom. The van der Waals surface area contributed by atoms with E-state index in [0.29, 0.717) is 13.1 Å². The van der Waals surface area contributed by atoms with Crippen molar-refractivity contribution in [2.45, 2.75) is 32.9 Å². The number of nitrogens with two attached hydrogens (primary N) is 1. The molecule has 0 aliphatic carbocycles. The van der Waals surface area contributed by atoms with Crippen LogP contribution in [0.15, 0.2) is 24.3 Å². The van der Waals surface area contributed by atoms with Gasteiger partial charge in [0.15, 0.2) is 0 Å². The van der Waals surface area contributed by atoms with Crippen molar-refractivity contribution in [3.05, 3.63) is 29.8 Å². The number of hydrogen-bond donors (Lipinski definition) is 1. The molecule has 0 fully saturated rings. The highest BCUT2D eigenvalue weighted by Crippen LogP contribution is 2.14. The third-order valence-corrected chi connectivity index (χ3v) is 2.92. The van der Waals surface area contributed by atoms with E-state index in [9.17, 15) is 4.79 Å². The molecule has 4 nitrogen and oxygen atoms in total. The van der Waals surface area contributed by atoms with E-state index in [1.165, 1.54) is 0 Å². The fraction of sp³-hybridized carbons (Fsp3) is 0.500. The third kappa shape index (κ3) is 3.74. The van der Waals surface area contributed by atoms with Crippen LogP contribution < -0.4 is 5.73 Å². The highest BCUT2D eigenvalue weighted by atomic mass is 16.5. The molecule has 0 radical (unpaired) electrons. The largest absolute Gasteiger partial charge is 0.398 e. The predicted molar refractivity (Wildman–Crippen MR) is 73.0 cm³/mol. The van der Waals surface area contributed by atoms with E-state index < -0.39 is 6.10 Å². The van der Waals surface area contributed by atoms with Gasteiger partial charge in [0.1, 0.15) is 6.10 Å². The van der Waals surface area contributed by atoms with Gasteiger partial charge in [-0.2, -0.15) is 0 Å². The molecular weight excluding hydrogens is 228 g/mol. The molecule has 1 rings (SSSR count). The maximum Gasteiger partial charge on any atom is 0.251 e. The van der Waals surface area contributed by atoms with Crippen molar-refractivity contribution in [2.75, 3.05) is 19.4 Å². The lowest BCUT2D eigenvalue weighted by atomic mass is 10.1. The highest BCUT2D eigenvalue weighted by Gasteiger charge is 2.20. The first-order valence-electron chi connectivity index (χ1n) is 6.25. The Bertz CT molecular complexity index is 393. The molecule has 1 amide bonds. The summed E-state index contributed by atoms with van der Waals surface area (Å²) in [6.45, 7) is 5.05. The number of methoxy groups -OCH3 is 1. The zero-order chi connectivity index (χ0) is 13.5. The summed E-state index contributed by atoms with van der Waals surface area (Å²) in [5.74, 6) is 0.00241. The van der Waals surface area contributed by atoms with E-state index in [2.05, 4.69) is 0 Å². The fourth-order valence-electron chi connectivity index (χ4n) is 1.78. The van der Waals surface area contributed by atoms with Gasteiger partial charge in [-0.05, 0) is 25.0 Å². The number of hydrogen-bond acceptors (Lipinski definition) is 3. The Labute approximate surface area is 109 Å².